The minimum Gasteiger partial charge on any atom is -0.460 e. The van der Waals surface area contributed by atoms with Crippen molar-refractivity contribution in [2.24, 2.45) is 11.8 Å². The van der Waals surface area contributed by atoms with E-state index in [0.29, 0.717) is 48.2 Å². The molecule has 0 radical (unpaired) electrons. The number of hydrogen-bond donors (Lipinski definition) is 2. The van der Waals surface area contributed by atoms with Gasteiger partial charge in [0.2, 0.25) is 11.8 Å². The summed E-state index contributed by atoms with van der Waals surface area (Å²) in [5.41, 5.74) is 3.18. The molecule has 2 N–H and O–H groups in total. The van der Waals surface area contributed by atoms with Crippen LogP contribution in [-0.2, 0) is 54.7 Å². The van der Waals surface area contributed by atoms with Crippen LogP contribution < -0.4 is 10.6 Å². The molecule has 0 aliphatic heterocycles. The van der Waals surface area contributed by atoms with E-state index < -0.39 is 33.6 Å². The quantitative estimate of drug-likeness (QED) is 0.0394. The average molecular weight is 1490 g/mol. The summed E-state index contributed by atoms with van der Waals surface area (Å²) in [6.07, 6.45) is 1.34. The number of carbonyl (C=O) groups excluding carboxylic acids is 4. The van der Waals surface area contributed by atoms with Crippen molar-refractivity contribution >= 4 is 182 Å². The number of nitro benzene ring substituents is 2. The molecule has 0 aliphatic carbocycles. The summed E-state index contributed by atoms with van der Waals surface area (Å²) in [4.78, 5) is 74.8. The van der Waals surface area contributed by atoms with E-state index in [1.165, 1.54) is 12.1 Å². The highest BCUT2D eigenvalue weighted by Gasteiger charge is 2.27. The summed E-state index contributed by atoms with van der Waals surface area (Å²) >= 11 is 13.0. The summed E-state index contributed by atoms with van der Waals surface area (Å²) in [6, 6.07) is 16.0. The van der Waals surface area contributed by atoms with Crippen LogP contribution >= 0.6 is 136 Å². The van der Waals surface area contributed by atoms with Gasteiger partial charge < -0.3 is 20.1 Å². The number of ether oxygens (including phenoxy) is 2. The second-order valence-corrected chi connectivity index (χ2v) is 20.0. The molecule has 2 amide bonds. The Morgan fingerprint density at radius 2 is 0.950 bits per heavy atom. The number of rotatable bonds is 19. The predicted molar refractivity (Wildman–Crippen MR) is 276 cm³/mol. The third kappa shape index (κ3) is 13.7. The van der Waals surface area contributed by atoms with Crippen LogP contribution in [0, 0.1) is 53.5 Å². The van der Waals surface area contributed by atoms with Crippen LogP contribution in [-0.4, -0.2) is 33.6 Å². The molecule has 0 spiro atoms. The van der Waals surface area contributed by atoms with Crippen LogP contribution in [0.5, 0.6) is 0 Å². The Balaban J connectivity index is 1.39. The number of anilines is 2. The number of benzene rings is 4. The van der Waals surface area contributed by atoms with Crippen LogP contribution in [0.15, 0.2) is 60.7 Å². The van der Waals surface area contributed by atoms with E-state index >= 15 is 0 Å². The first-order valence-corrected chi connectivity index (χ1v) is 24.6. The Morgan fingerprint density at radius 1 is 0.600 bits per heavy atom. The molecule has 0 aliphatic rings. The molecule has 0 saturated heterocycles. The number of nitro groups is 2. The Bertz CT molecular complexity index is 2150. The Kier molecular flexibility index (Phi) is 20.3. The van der Waals surface area contributed by atoms with Crippen molar-refractivity contribution in [3.05, 3.63) is 125 Å². The van der Waals surface area contributed by atoms with Crippen molar-refractivity contribution in [3.8, 4) is 0 Å². The Labute approximate surface area is 427 Å². The smallest absolute Gasteiger partial charge is 0.309 e. The third-order valence-electron chi connectivity index (χ3n) is 9.31. The number of halogens is 6. The molecule has 4 rings (SSSR count). The maximum atomic E-state index is 13.3. The number of esters is 2. The molecule has 0 heterocycles. The van der Waals surface area contributed by atoms with E-state index in [0.717, 1.165) is 32.5 Å². The van der Waals surface area contributed by atoms with E-state index in [2.05, 4.69) is 146 Å². The predicted octanol–water partition coefficient (Wildman–Crippen LogP) is 11.1. The van der Waals surface area contributed by atoms with E-state index in [1.54, 1.807) is 36.4 Å². The number of nitrogens with zero attached hydrogens (tertiary/aromatic N) is 2. The lowest BCUT2D eigenvalue weighted by molar-refractivity contribution is -0.386. The van der Waals surface area contributed by atoms with Gasteiger partial charge in [0.1, 0.15) is 13.2 Å². The number of amides is 2. The zero-order valence-electron chi connectivity index (χ0n) is 31.8. The molecule has 0 saturated carbocycles. The lowest BCUT2D eigenvalue weighted by Crippen LogP contribution is -2.22. The van der Waals surface area contributed by atoms with Crippen LogP contribution in [0.25, 0.3) is 0 Å². The first kappa shape index (κ1) is 50.6. The second-order valence-electron chi connectivity index (χ2n) is 13.2. The number of carbonyl (C=O) groups is 4. The molecule has 60 heavy (non-hydrogen) atoms. The van der Waals surface area contributed by atoms with Gasteiger partial charge >= 0.3 is 11.9 Å². The molecule has 4 aromatic rings. The second kappa shape index (κ2) is 24.1. The maximum Gasteiger partial charge on any atom is 0.309 e. The largest absolute Gasteiger partial charge is 0.460 e. The monoisotopic (exact) mass is 1490 g/mol. The highest BCUT2D eigenvalue weighted by Crippen LogP contribution is 2.36. The first-order chi connectivity index (χ1) is 28.5. The van der Waals surface area contributed by atoms with Gasteiger partial charge in [0, 0.05) is 46.4 Å². The summed E-state index contributed by atoms with van der Waals surface area (Å²) in [5.74, 6) is -2.79. The van der Waals surface area contributed by atoms with Crippen molar-refractivity contribution in [2.75, 3.05) is 10.6 Å². The van der Waals surface area contributed by atoms with Gasteiger partial charge in [-0.2, -0.15) is 0 Å². The minimum absolute atomic E-state index is 0.109. The Hall–Kier alpha value is -2.06. The summed E-state index contributed by atoms with van der Waals surface area (Å²) in [7, 11) is 0. The fourth-order valence-corrected chi connectivity index (χ4v) is 14.1. The van der Waals surface area contributed by atoms with E-state index in [-0.39, 0.29) is 49.2 Å². The topological polar surface area (TPSA) is 197 Å². The van der Waals surface area contributed by atoms with Crippen molar-refractivity contribution in [3.63, 3.8) is 0 Å². The van der Waals surface area contributed by atoms with Crippen LogP contribution in [0.1, 0.15) is 61.8 Å². The molecular formula is C40H36I6N4O10. The fraction of sp³-hybridized carbons (Fsp3) is 0.300. The molecule has 0 fully saturated rings. The van der Waals surface area contributed by atoms with Crippen LogP contribution in [0.4, 0.5) is 22.7 Å². The summed E-state index contributed by atoms with van der Waals surface area (Å²) in [6.45, 7) is 3.27. The Morgan fingerprint density at radius 3 is 1.28 bits per heavy atom. The van der Waals surface area contributed by atoms with Gasteiger partial charge in [-0.05, 0) is 197 Å². The molecule has 2 unspecified atom stereocenters. The van der Waals surface area contributed by atoms with Gasteiger partial charge in [0.05, 0.1) is 44.2 Å². The summed E-state index contributed by atoms with van der Waals surface area (Å²) in [5, 5.41) is 28.7. The zero-order valence-corrected chi connectivity index (χ0v) is 44.8. The lowest BCUT2D eigenvalue weighted by Gasteiger charge is -2.20. The molecular weight excluding hydrogens is 1460 g/mol. The zero-order chi connectivity index (χ0) is 44.3. The van der Waals surface area contributed by atoms with E-state index in [4.69, 9.17) is 9.47 Å². The van der Waals surface area contributed by atoms with Gasteiger partial charge in [0.25, 0.3) is 11.4 Å². The third-order valence-corrected chi connectivity index (χ3v) is 15.3. The molecule has 20 heteroatoms. The number of nitrogens with one attached hydrogen (secondary N) is 2. The van der Waals surface area contributed by atoms with Crippen molar-refractivity contribution in [1.29, 1.82) is 0 Å². The first-order valence-electron chi connectivity index (χ1n) is 18.2. The van der Waals surface area contributed by atoms with Gasteiger partial charge in [-0.25, -0.2) is 0 Å². The van der Waals surface area contributed by atoms with Crippen molar-refractivity contribution < 1.29 is 38.5 Å². The number of hydrogen-bond acceptors (Lipinski definition) is 10. The highest BCUT2D eigenvalue weighted by atomic mass is 127. The minimum atomic E-state index is -0.540. The average Bonchev–Trinajstić information content (AvgIpc) is 3.21. The molecule has 0 aromatic heterocycles. The maximum absolute atomic E-state index is 13.3. The van der Waals surface area contributed by atoms with Crippen LogP contribution in [0.3, 0.4) is 0 Å². The molecule has 4 aromatic carbocycles. The van der Waals surface area contributed by atoms with Gasteiger partial charge in [-0.1, -0.05) is 38.1 Å². The normalized spacial score (nSPS) is 11.9. The highest BCUT2D eigenvalue weighted by molar-refractivity contribution is 14.1. The van der Waals surface area contributed by atoms with Gasteiger partial charge in [-0.3, -0.25) is 39.4 Å². The number of para-hydroxylation sites is 2. The standard InChI is InChI=1S/C40H36I6N4O10/c1-3-21(39(53)59-19-23-9-5-7-11-31(23)49(55)56)15-25-27(41)17-29(43)37(35(25)45)47-33(51)13-14-34(52)48-38-30(44)18-28(42)26(36(38)46)16-22(4-2)40(54)60-20-24-10-6-8-12-32(24)50(57)58/h5-12,17-18,21-22H,3-4,13-16,19-20H2,1-2H3,(H,47,51)(H,48,52). The molecule has 14 nitrogen and oxygen atoms in total. The molecule has 2 atom stereocenters. The SMILES string of the molecule is CCC(Cc1c(I)cc(I)c(NC(=O)CCC(=O)Nc2c(I)cc(I)c(CC(CC)C(=O)OCc3ccccc3[N+](=O)[O-])c2I)c1I)C(=O)OCc1ccccc1[N+](=O)[O-]. The van der Waals surface area contributed by atoms with Gasteiger partial charge in [0.15, 0.2) is 0 Å². The van der Waals surface area contributed by atoms with Crippen LogP contribution in [0.2, 0.25) is 0 Å². The van der Waals surface area contributed by atoms with Crippen molar-refractivity contribution in [2.45, 2.75) is 65.6 Å². The summed E-state index contributed by atoms with van der Waals surface area (Å²) < 4.78 is 15.9. The van der Waals surface area contributed by atoms with E-state index in [9.17, 15) is 39.4 Å². The fourth-order valence-electron chi connectivity index (χ4n) is 5.93. The van der Waals surface area contributed by atoms with Gasteiger partial charge in [-0.15, -0.1) is 0 Å². The molecule has 318 valence electrons. The lowest BCUT2D eigenvalue weighted by atomic mass is 9.96. The van der Waals surface area contributed by atoms with Crippen molar-refractivity contribution in [1.82, 2.24) is 0 Å². The molecule has 0 bridgehead atoms. The van der Waals surface area contributed by atoms with E-state index in [1.807, 2.05) is 26.0 Å².